The number of rotatable bonds is 5. The van der Waals surface area contributed by atoms with Gasteiger partial charge in [-0.15, -0.1) is 0 Å². The minimum Gasteiger partial charge on any atom is -0.497 e. The number of thiocarbonyl (C=S) groups is 1. The third-order valence-corrected chi connectivity index (χ3v) is 5.50. The van der Waals surface area contributed by atoms with Gasteiger partial charge >= 0.3 is 0 Å². The number of methoxy groups -OCH3 is 1. The Kier molecular flexibility index (Phi) is 5.07. The Morgan fingerprint density at radius 2 is 1.79 bits per heavy atom. The summed E-state index contributed by atoms with van der Waals surface area (Å²) in [4.78, 5) is 14.8. The van der Waals surface area contributed by atoms with Gasteiger partial charge in [0.2, 0.25) is 0 Å². The number of para-hydroxylation sites is 1. The van der Waals surface area contributed by atoms with Crippen LogP contribution in [0.5, 0.6) is 5.75 Å². The van der Waals surface area contributed by atoms with Crippen LogP contribution in [0.25, 0.3) is 5.69 Å². The van der Waals surface area contributed by atoms with Crippen molar-refractivity contribution in [1.82, 2.24) is 20.0 Å². The zero-order chi connectivity index (χ0) is 20.5. The number of amides is 1. The predicted molar refractivity (Wildman–Crippen MR) is 115 cm³/mol. The summed E-state index contributed by atoms with van der Waals surface area (Å²) in [7, 11) is 1.63. The summed E-state index contributed by atoms with van der Waals surface area (Å²) < 4.78 is 7.06. The summed E-state index contributed by atoms with van der Waals surface area (Å²) in [5.74, 6) is 0.712. The van der Waals surface area contributed by atoms with Crippen molar-refractivity contribution in [3.63, 3.8) is 0 Å². The van der Waals surface area contributed by atoms with E-state index in [1.165, 1.54) is 0 Å². The molecule has 1 aliphatic rings. The van der Waals surface area contributed by atoms with Crippen LogP contribution in [0.1, 0.15) is 28.6 Å². The highest BCUT2D eigenvalue weighted by atomic mass is 32.1. The van der Waals surface area contributed by atoms with Crippen molar-refractivity contribution < 1.29 is 9.53 Å². The second-order valence-electron chi connectivity index (χ2n) is 6.99. The number of hydrogen-bond donors (Lipinski definition) is 1. The van der Waals surface area contributed by atoms with Crippen molar-refractivity contribution >= 4 is 23.2 Å². The first-order valence-electron chi connectivity index (χ1n) is 9.36. The highest BCUT2D eigenvalue weighted by Crippen LogP contribution is 2.30. The molecule has 2 heterocycles. The number of carbonyl (C=O) groups is 1. The van der Waals surface area contributed by atoms with E-state index in [1.54, 1.807) is 12.0 Å². The van der Waals surface area contributed by atoms with Crippen molar-refractivity contribution in [3.05, 3.63) is 77.1 Å². The lowest BCUT2D eigenvalue weighted by Crippen LogP contribution is -2.30. The Labute approximate surface area is 175 Å². The average molecular weight is 407 g/mol. The van der Waals surface area contributed by atoms with Crippen LogP contribution in [0.4, 0.5) is 0 Å². The van der Waals surface area contributed by atoms with Crippen LogP contribution in [0.15, 0.2) is 54.6 Å². The number of aryl methyl sites for hydroxylation is 1. The minimum atomic E-state index is -0.529. The topological polar surface area (TPSA) is 59.4 Å². The molecule has 1 aromatic heterocycles. The van der Waals surface area contributed by atoms with E-state index in [0.717, 1.165) is 34.0 Å². The SMILES string of the molecule is COc1ccc(CN2C(=O)[C@@H](c3c(C)nn(-c4ccccc4)c3C)NC2=S)cc1. The van der Waals surface area contributed by atoms with E-state index in [-0.39, 0.29) is 5.91 Å². The normalized spacial score (nSPS) is 16.2. The molecular formula is C22H22N4O2S. The second-order valence-corrected chi connectivity index (χ2v) is 7.37. The van der Waals surface area contributed by atoms with Crippen LogP contribution >= 0.6 is 12.2 Å². The fourth-order valence-electron chi connectivity index (χ4n) is 3.67. The molecule has 3 aromatic rings. The molecular weight excluding hydrogens is 384 g/mol. The van der Waals surface area contributed by atoms with Crippen molar-refractivity contribution in [3.8, 4) is 11.4 Å². The maximum atomic E-state index is 13.2. The van der Waals surface area contributed by atoms with Gasteiger partial charge in [0.15, 0.2) is 5.11 Å². The van der Waals surface area contributed by atoms with Gasteiger partial charge in [-0.3, -0.25) is 9.69 Å². The fraction of sp³-hybridized carbons (Fsp3) is 0.227. The highest BCUT2D eigenvalue weighted by molar-refractivity contribution is 7.80. The van der Waals surface area contributed by atoms with E-state index in [0.29, 0.717) is 11.7 Å². The van der Waals surface area contributed by atoms with E-state index in [2.05, 4.69) is 10.4 Å². The minimum absolute atomic E-state index is 0.0652. The molecule has 148 valence electrons. The summed E-state index contributed by atoms with van der Waals surface area (Å²) >= 11 is 5.47. The Morgan fingerprint density at radius 1 is 1.10 bits per heavy atom. The smallest absolute Gasteiger partial charge is 0.256 e. The maximum Gasteiger partial charge on any atom is 0.256 e. The molecule has 1 aliphatic heterocycles. The molecule has 0 spiro atoms. The second kappa shape index (κ2) is 7.67. The van der Waals surface area contributed by atoms with Crippen LogP contribution < -0.4 is 10.1 Å². The van der Waals surface area contributed by atoms with E-state index >= 15 is 0 Å². The van der Waals surface area contributed by atoms with Gasteiger partial charge in [-0.05, 0) is 55.9 Å². The van der Waals surface area contributed by atoms with Crippen molar-refractivity contribution in [2.24, 2.45) is 0 Å². The third kappa shape index (κ3) is 3.49. The zero-order valence-electron chi connectivity index (χ0n) is 16.5. The Morgan fingerprint density at radius 3 is 2.45 bits per heavy atom. The summed E-state index contributed by atoms with van der Waals surface area (Å²) in [6.07, 6.45) is 0. The molecule has 0 unspecified atom stereocenters. The van der Waals surface area contributed by atoms with Gasteiger partial charge in [-0.1, -0.05) is 30.3 Å². The quantitative estimate of drug-likeness (QED) is 0.658. The molecule has 29 heavy (non-hydrogen) atoms. The van der Waals surface area contributed by atoms with Crippen LogP contribution in [-0.4, -0.2) is 32.8 Å². The fourth-order valence-corrected chi connectivity index (χ4v) is 3.94. The van der Waals surface area contributed by atoms with E-state index in [9.17, 15) is 4.79 Å². The number of hydrogen-bond acceptors (Lipinski definition) is 4. The van der Waals surface area contributed by atoms with E-state index in [4.69, 9.17) is 17.0 Å². The number of nitrogens with one attached hydrogen (secondary N) is 1. The highest BCUT2D eigenvalue weighted by Gasteiger charge is 2.39. The third-order valence-electron chi connectivity index (χ3n) is 5.16. The van der Waals surface area contributed by atoms with Gasteiger partial charge in [0, 0.05) is 11.3 Å². The summed E-state index contributed by atoms with van der Waals surface area (Å²) in [6, 6.07) is 17.0. The van der Waals surface area contributed by atoms with Gasteiger partial charge in [0.25, 0.3) is 5.91 Å². The molecule has 0 saturated carbocycles. The first-order chi connectivity index (χ1) is 14.0. The molecule has 1 saturated heterocycles. The van der Waals surface area contributed by atoms with Crippen LogP contribution in [0.2, 0.25) is 0 Å². The zero-order valence-corrected chi connectivity index (χ0v) is 17.4. The summed E-state index contributed by atoms with van der Waals surface area (Å²) in [5.41, 5.74) is 4.55. The van der Waals surface area contributed by atoms with Crippen molar-refractivity contribution in [2.45, 2.75) is 26.4 Å². The monoisotopic (exact) mass is 406 g/mol. The molecule has 2 aromatic carbocycles. The summed E-state index contributed by atoms with van der Waals surface area (Å²) in [6.45, 7) is 4.31. The Hall–Kier alpha value is -3.19. The Bertz CT molecular complexity index is 1060. The largest absolute Gasteiger partial charge is 0.497 e. The van der Waals surface area contributed by atoms with Gasteiger partial charge < -0.3 is 10.1 Å². The number of ether oxygens (including phenoxy) is 1. The first-order valence-corrected chi connectivity index (χ1v) is 9.76. The number of benzene rings is 2. The maximum absolute atomic E-state index is 13.2. The lowest BCUT2D eigenvalue weighted by Gasteiger charge is -2.15. The van der Waals surface area contributed by atoms with Gasteiger partial charge in [-0.25, -0.2) is 4.68 Å². The molecule has 0 radical (unpaired) electrons. The molecule has 1 amide bonds. The first kappa shape index (κ1) is 19.1. The van der Waals surface area contributed by atoms with Gasteiger partial charge in [0.05, 0.1) is 25.0 Å². The molecule has 0 bridgehead atoms. The lowest BCUT2D eigenvalue weighted by atomic mass is 10.0. The van der Waals surface area contributed by atoms with Crippen molar-refractivity contribution in [1.29, 1.82) is 0 Å². The van der Waals surface area contributed by atoms with Crippen LogP contribution in [0, 0.1) is 13.8 Å². The average Bonchev–Trinajstić information content (AvgIpc) is 3.18. The van der Waals surface area contributed by atoms with Gasteiger partial charge in [0.1, 0.15) is 11.8 Å². The number of nitrogens with zero attached hydrogens (tertiary/aromatic N) is 3. The van der Waals surface area contributed by atoms with Crippen molar-refractivity contribution in [2.75, 3.05) is 7.11 Å². The van der Waals surface area contributed by atoms with Crippen LogP contribution in [0.3, 0.4) is 0 Å². The van der Waals surface area contributed by atoms with E-state index in [1.807, 2.05) is 73.1 Å². The molecule has 6 nitrogen and oxygen atoms in total. The lowest BCUT2D eigenvalue weighted by molar-refractivity contribution is -0.127. The molecule has 1 fully saturated rings. The molecule has 0 aliphatic carbocycles. The number of carbonyl (C=O) groups excluding carboxylic acids is 1. The number of aromatic nitrogens is 2. The predicted octanol–water partition coefficient (Wildman–Crippen LogP) is 3.46. The Balaban J connectivity index is 1.61. The molecule has 1 N–H and O–H groups in total. The molecule has 4 rings (SSSR count). The van der Waals surface area contributed by atoms with E-state index < -0.39 is 6.04 Å². The molecule has 7 heteroatoms. The summed E-state index contributed by atoms with van der Waals surface area (Å²) in [5, 5.41) is 8.28. The van der Waals surface area contributed by atoms with Gasteiger partial charge in [-0.2, -0.15) is 5.10 Å². The van der Waals surface area contributed by atoms with Crippen LogP contribution in [-0.2, 0) is 11.3 Å². The molecule has 1 atom stereocenters. The standard InChI is InChI=1S/C22H22N4O2S/c1-14-19(15(2)26(24-14)17-7-5-4-6-8-17)20-21(27)25(22(29)23-20)13-16-9-11-18(28-3)12-10-16/h4-12,20H,13H2,1-3H3,(H,23,29)/t20-/m1/s1.